The van der Waals surface area contributed by atoms with Gasteiger partial charge in [0.05, 0.1) is 13.0 Å². The minimum atomic E-state index is -1.29. The quantitative estimate of drug-likeness (QED) is 0.0252. The van der Waals surface area contributed by atoms with Gasteiger partial charge in [-0.3, -0.25) is 38.4 Å². The number of aliphatic hydroxyl groups is 1. The van der Waals surface area contributed by atoms with E-state index in [-0.39, 0.29) is 12.8 Å². The highest BCUT2D eigenvalue weighted by molar-refractivity contribution is 5.80. The van der Waals surface area contributed by atoms with Crippen LogP contribution in [-0.4, -0.2) is 118 Å². The van der Waals surface area contributed by atoms with E-state index >= 15 is 0 Å². The first-order valence-electron chi connectivity index (χ1n) is 30.7. The molecule has 0 bridgehead atoms. The van der Waals surface area contributed by atoms with Gasteiger partial charge in [0.15, 0.2) is 0 Å². The molecular formula is C60H119N3O17. The molecule has 3 atom stereocenters. The monoisotopic (exact) mass is 1150 g/mol. The highest BCUT2D eigenvalue weighted by atomic mass is 16.4. The Labute approximate surface area is 482 Å². The van der Waals surface area contributed by atoms with E-state index in [1.807, 2.05) is 0 Å². The van der Waals surface area contributed by atoms with Crippen LogP contribution < -0.4 is 17.2 Å². The van der Waals surface area contributed by atoms with Gasteiger partial charge >= 0.3 is 47.8 Å². The molecule has 0 radical (unpaired) electrons. The van der Waals surface area contributed by atoms with Gasteiger partial charge in [-0.2, -0.15) is 0 Å². The van der Waals surface area contributed by atoms with Crippen LogP contribution >= 0.6 is 0 Å². The molecule has 0 spiro atoms. The van der Waals surface area contributed by atoms with Crippen molar-refractivity contribution in [2.75, 3.05) is 6.61 Å². The van der Waals surface area contributed by atoms with Crippen molar-refractivity contribution in [2.24, 2.45) is 17.2 Å². The zero-order chi connectivity index (χ0) is 61.9. The summed E-state index contributed by atoms with van der Waals surface area (Å²) in [5.74, 6) is -7.84. The fraction of sp³-hybridized carbons (Fsp3) is 0.867. The SMILES string of the molecule is CCCCCCCCCCCCCC(=O)O.CCCCCCCCCCCCCCCC(=O)O.CCCCCCCCCCCCCCCCCC(=O)O.N[C@@H](CC(=O)O)C(=O)O.N[C@@H](CCC(=O)O)C(=O)O.N[C@@H](CO)C(=O)O. The van der Waals surface area contributed by atoms with Gasteiger partial charge in [0.25, 0.3) is 0 Å². The fourth-order valence-electron chi connectivity index (χ4n) is 7.64. The van der Waals surface area contributed by atoms with Crippen molar-refractivity contribution < 1.29 is 84.3 Å². The minimum Gasteiger partial charge on any atom is -0.481 e. The lowest BCUT2D eigenvalue weighted by Crippen LogP contribution is -2.33. The first-order valence-corrected chi connectivity index (χ1v) is 30.7. The molecule has 0 aromatic carbocycles. The van der Waals surface area contributed by atoms with Gasteiger partial charge in [0.2, 0.25) is 0 Å². The summed E-state index contributed by atoms with van der Waals surface area (Å²) >= 11 is 0. The van der Waals surface area contributed by atoms with Crippen LogP contribution in [0, 0.1) is 0 Å². The van der Waals surface area contributed by atoms with E-state index in [4.69, 9.17) is 63.2 Å². The van der Waals surface area contributed by atoms with Crippen LogP contribution in [0.2, 0.25) is 0 Å². The third kappa shape index (κ3) is 95.9. The van der Waals surface area contributed by atoms with Gasteiger partial charge in [0.1, 0.15) is 18.1 Å². The molecule has 0 unspecified atom stereocenters. The predicted octanol–water partition coefficient (Wildman–Crippen LogP) is 13.2. The summed E-state index contributed by atoms with van der Waals surface area (Å²) in [6.07, 6.45) is 51.1. The Morgan fingerprint density at radius 3 is 0.575 bits per heavy atom. The minimum absolute atomic E-state index is 0.0231. The molecule has 20 heteroatoms. The predicted molar refractivity (Wildman–Crippen MR) is 317 cm³/mol. The van der Waals surface area contributed by atoms with Crippen molar-refractivity contribution in [3.05, 3.63) is 0 Å². The first-order chi connectivity index (χ1) is 38.1. The maximum Gasteiger partial charge on any atom is 0.322 e. The molecule has 0 aliphatic carbocycles. The van der Waals surface area contributed by atoms with E-state index in [0.29, 0.717) is 19.3 Å². The van der Waals surface area contributed by atoms with Crippen molar-refractivity contribution in [3.8, 4) is 0 Å². The highest BCUT2D eigenvalue weighted by Gasteiger charge is 2.15. The van der Waals surface area contributed by atoms with Gasteiger partial charge < -0.3 is 63.2 Å². The lowest BCUT2D eigenvalue weighted by molar-refractivity contribution is -0.144. The van der Waals surface area contributed by atoms with Crippen molar-refractivity contribution in [3.63, 3.8) is 0 Å². The van der Waals surface area contributed by atoms with Crippen LogP contribution in [0.25, 0.3) is 0 Å². The topological polar surface area (TPSA) is 397 Å². The van der Waals surface area contributed by atoms with Crippen molar-refractivity contribution in [2.45, 2.75) is 328 Å². The summed E-state index contributed by atoms with van der Waals surface area (Å²) in [7, 11) is 0. The third-order valence-electron chi connectivity index (χ3n) is 12.7. The van der Waals surface area contributed by atoms with Gasteiger partial charge in [-0.25, -0.2) is 0 Å². The Morgan fingerprint density at radius 2 is 0.450 bits per heavy atom. The number of rotatable bonds is 51. The van der Waals surface area contributed by atoms with Gasteiger partial charge in [0, 0.05) is 25.7 Å². The largest absolute Gasteiger partial charge is 0.481 e. The van der Waals surface area contributed by atoms with Crippen LogP contribution in [0.3, 0.4) is 0 Å². The molecule has 0 aromatic heterocycles. The van der Waals surface area contributed by atoms with Gasteiger partial charge in [-0.1, -0.05) is 252 Å². The summed E-state index contributed by atoms with van der Waals surface area (Å²) in [4.78, 5) is 80.0. The second-order valence-electron chi connectivity index (χ2n) is 20.7. The summed E-state index contributed by atoms with van der Waals surface area (Å²) in [6, 6.07) is -3.47. The van der Waals surface area contributed by atoms with E-state index in [9.17, 15) is 38.4 Å². The normalized spacial score (nSPS) is 11.4. The second-order valence-corrected chi connectivity index (χ2v) is 20.7. The Morgan fingerprint density at radius 1 is 0.263 bits per heavy atom. The summed E-state index contributed by atoms with van der Waals surface area (Å²) in [5, 5.41) is 73.7. The molecule has 0 heterocycles. The molecule has 15 N–H and O–H groups in total. The molecule has 0 aliphatic rings. The molecule has 0 saturated heterocycles. The summed E-state index contributed by atoms with van der Waals surface area (Å²) < 4.78 is 0. The standard InChI is InChI=1S/C18H36O2.C16H32O2.C14H28O2.C5H9NO4.C4H7NO4.C3H7NO3/c1-2-3-4-5-6-7-8-9-10-11-12-13-14-15-16-17-18(19)20;1-2-3-4-5-6-7-8-9-10-11-12-13-14-15-16(17)18;1-2-3-4-5-6-7-8-9-10-11-12-13-14(15)16;6-3(5(9)10)1-2-4(7)8;5-2(4(8)9)1-3(6)7;4-2(1-5)3(6)7/h2-17H2,1H3,(H,19,20);2-15H2,1H3,(H,17,18);2-13H2,1H3,(H,15,16);3H,1-2,6H2,(H,7,8)(H,9,10);2H,1,5H2,(H,6,7)(H,8,9);2,5H,1,4H2,(H,6,7)/t;;;3-;2*2-/m...000/s1. The number of aliphatic hydroxyl groups excluding tert-OH is 1. The van der Waals surface area contributed by atoms with E-state index in [0.717, 1.165) is 38.5 Å². The van der Waals surface area contributed by atoms with Crippen LogP contribution in [-0.2, 0) is 38.4 Å². The number of unbranched alkanes of at least 4 members (excludes halogenated alkanes) is 36. The van der Waals surface area contributed by atoms with Crippen LogP contribution in [0.1, 0.15) is 310 Å². The number of aliphatic carboxylic acids is 8. The molecule has 0 rings (SSSR count). The molecule has 20 nitrogen and oxygen atoms in total. The Hall–Kier alpha value is -4.40. The van der Waals surface area contributed by atoms with Crippen molar-refractivity contribution in [1.82, 2.24) is 0 Å². The number of hydrogen-bond acceptors (Lipinski definition) is 12. The fourth-order valence-corrected chi connectivity index (χ4v) is 7.64. The van der Waals surface area contributed by atoms with E-state index < -0.39 is 78.9 Å². The summed E-state index contributed by atoms with van der Waals surface area (Å²) in [5.41, 5.74) is 14.6. The molecule has 0 aromatic rings. The number of nitrogens with two attached hydrogens (primary N) is 3. The zero-order valence-electron chi connectivity index (χ0n) is 50.3. The number of carboxylic acids is 8. The molecule has 0 saturated carbocycles. The van der Waals surface area contributed by atoms with E-state index in [1.165, 1.54) is 212 Å². The Balaban J connectivity index is -0.000000213. The van der Waals surface area contributed by atoms with Crippen LogP contribution in [0.4, 0.5) is 0 Å². The molecule has 80 heavy (non-hydrogen) atoms. The number of hydrogen-bond donors (Lipinski definition) is 12. The third-order valence-corrected chi connectivity index (χ3v) is 12.7. The molecule has 0 amide bonds. The molecular weight excluding hydrogens is 1030 g/mol. The van der Waals surface area contributed by atoms with Crippen LogP contribution in [0.15, 0.2) is 0 Å². The average Bonchev–Trinajstić information content (AvgIpc) is 3.39. The average molecular weight is 1150 g/mol. The van der Waals surface area contributed by atoms with E-state index in [2.05, 4.69) is 20.8 Å². The maximum absolute atomic E-state index is 10.3. The molecule has 0 fully saturated rings. The first kappa shape index (κ1) is 86.9. The van der Waals surface area contributed by atoms with Gasteiger partial charge in [-0.05, 0) is 25.7 Å². The van der Waals surface area contributed by atoms with Gasteiger partial charge in [-0.15, -0.1) is 0 Å². The summed E-state index contributed by atoms with van der Waals surface area (Å²) in [6.45, 7) is 6.27. The van der Waals surface area contributed by atoms with Crippen molar-refractivity contribution in [1.29, 1.82) is 0 Å². The van der Waals surface area contributed by atoms with Crippen molar-refractivity contribution >= 4 is 47.8 Å². The smallest absolute Gasteiger partial charge is 0.322 e. The Bertz CT molecular complexity index is 1420. The second kappa shape index (κ2) is 72.6. The van der Waals surface area contributed by atoms with E-state index in [1.54, 1.807) is 0 Å². The lowest BCUT2D eigenvalue weighted by atomic mass is 10.0. The highest BCUT2D eigenvalue weighted by Crippen LogP contribution is 2.16. The zero-order valence-corrected chi connectivity index (χ0v) is 50.3. The van der Waals surface area contributed by atoms with Crippen LogP contribution in [0.5, 0.6) is 0 Å². The molecule has 476 valence electrons. The maximum atomic E-state index is 10.3. The number of carbonyl (C=O) groups is 8. The number of carboxylic acid groups (broad SMARTS) is 8. The molecule has 0 aliphatic heterocycles. The Kier molecular flexibility index (Phi) is 78.8. The lowest BCUT2D eigenvalue weighted by Gasteiger charge is -2.03.